The van der Waals surface area contributed by atoms with Crippen LogP contribution >= 0.6 is 0 Å². The van der Waals surface area contributed by atoms with Crippen molar-refractivity contribution in [2.45, 2.75) is 44.3 Å². The molecule has 1 unspecified atom stereocenters. The third kappa shape index (κ3) is 3.47. The lowest BCUT2D eigenvalue weighted by Gasteiger charge is -2.24. The van der Waals surface area contributed by atoms with Gasteiger partial charge in [0.25, 0.3) is 0 Å². The molecule has 0 radical (unpaired) electrons. The number of para-hydroxylation sites is 1. The fraction of sp³-hybridized carbons (Fsp3) is 0.600. The number of hydrogen-bond acceptors (Lipinski definition) is 3. The zero-order chi connectivity index (χ0) is 12.8. The van der Waals surface area contributed by atoms with Crippen LogP contribution in [-0.4, -0.2) is 24.9 Å². The molecule has 0 aliphatic heterocycles. The highest BCUT2D eigenvalue weighted by molar-refractivity contribution is 5.34. The molecule has 3 heteroatoms. The molecule has 0 heterocycles. The maximum Gasteiger partial charge on any atom is 0.124 e. The molecule has 1 aromatic carbocycles. The molecule has 1 aliphatic carbocycles. The molecular formula is C15H22O3. The van der Waals surface area contributed by atoms with Crippen LogP contribution in [0.25, 0.3) is 0 Å². The molecule has 1 N–H and O–H groups in total. The van der Waals surface area contributed by atoms with Crippen molar-refractivity contribution in [1.29, 1.82) is 0 Å². The van der Waals surface area contributed by atoms with Gasteiger partial charge in [0.15, 0.2) is 0 Å². The van der Waals surface area contributed by atoms with E-state index in [0.717, 1.165) is 24.2 Å². The Labute approximate surface area is 109 Å². The zero-order valence-electron chi connectivity index (χ0n) is 11.0. The van der Waals surface area contributed by atoms with Crippen LogP contribution in [0.4, 0.5) is 0 Å². The molecule has 1 fully saturated rings. The van der Waals surface area contributed by atoms with Crippen LogP contribution < -0.4 is 4.74 Å². The lowest BCUT2D eigenvalue weighted by atomic mass is 9.98. The largest absolute Gasteiger partial charge is 0.496 e. The summed E-state index contributed by atoms with van der Waals surface area (Å²) in [6.45, 7) is 0.352. The summed E-state index contributed by atoms with van der Waals surface area (Å²) in [7, 11) is 1.62. The Morgan fingerprint density at radius 3 is 2.67 bits per heavy atom. The van der Waals surface area contributed by atoms with E-state index in [0.29, 0.717) is 12.7 Å². The van der Waals surface area contributed by atoms with Crippen molar-refractivity contribution in [2.75, 3.05) is 13.7 Å². The fourth-order valence-corrected chi connectivity index (χ4v) is 2.49. The summed E-state index contributed by atoms with van der Waals surface area (Å²) in [6, 6.07) is 7.55. The Kier molecular flexibility index (Phi) is 5.02. The van der Waals surface area contributed by atoms with E-state index < -0.39 is 6.10 Å². The van der Waals surface area contributed by atoms with Gasteiger partial charge in [-0.25, -0.2) is 0 Å². The molecule has 0 saturated heterocycles. The first-order chi connectivity index (χ1) is 8.81. The lowest BCUT2D eigenvalue weighted by Crippen LogP contribution is -2.20. The number of aliphatic hydroxyl groups excluding tert-OH is 1. The number of hydrogen-bond donors (Lipinski definition) is 1. The Morgan fingerprint density at radius 2 is 1.94 bits per heavy atom. The second-order valence-corrected chi connectivity index (χ2v) is 4.85. The van der Waals surface area contributed by atoms with Gasteiger partial charge < -0.3 is 14.6 Å². The van der Waals surface area contributed by atoms with Gasteiger partial charge in [-0.05, 0) is 18.9 Å². The molecule has 100 valence electrons. The molecule has 0 spiro atoms. The number of aliphatic hydroxyl groups is 1. The standard InChI is InChI=1S/C15H22O3/c1-17-15-10-6-5-9-13(15)14(16)11-18-12-7-3-2-4-8-12/h5-6,9-10,12,14,16H,2-4,7-8,11H2,1H3. The number of benzene rings is 1. The summed E-state index contributed by atoms with van der Waals surface area (Å²) in [5.41, 5.74) is 0.802. The minimum Gasteiger partial charge on any atom is -0.496 e. The van der Waals surface area contributed by atoms with Crippen molar-refractivity contribution >= 4 is 0 Å². The van der Waals surface area contributed by atoms with Crippen molar-refractivity contribution in [2.24, 2.45) is 0 Å². The van der Waals surface area contributed by atoms with E-state index >= 15 is 0 Å². The molecule has 0 amide bonds. The third-order valence-corrected chi connectivity index (χ3v) is 3.54. The Hall–Kier alpha value is -1.06. The molecule has 0 bridgehead atoms. The van der Waals surface area contributed by atoms with E-state index in [2.05, 4.69) is 0 Å². The highest BCUT2D eigenvalue weighted by Crippen LogP contribution is 2.26. The smallest absolute Gasteiger partial charge is 0.124 e. The van der Waals surface area contributed by atoms with Gasteiger partial charge >= 0.3 is 0 Å². The van der Waals surface area contributed by atoms with E-state index in [1.807, 2.05) is 24.3 Å². The van der Waals surface area contributed by atoms with Crippen molar-refractivity contribution in [3.63, 3.8) is 0 Å². The van der Waals surface area contributed by atoms with Crippen LogP contribution in [-0.2, 0) is 4.74 Å². The Bertz CT molecular complexity index is 359. The normalized spacial score (nSPS) is 18.6. The van der Waals surface area contributed by atoms with Gasteiger partial charge in [-0.1, -0.05) is 37.5 Å². The summed E-state index contributed by atoms with van der Waals surface area (Å²) in [5, 5.41) is 10.2. The van der Waals surface area contributed by atoms with Crippen LogP contribution in [0.1, 0.15) is 43.8 Å². The van der Waals surface area contributed by atoms with Gasteiger partial charge in [-0.3, -0.25) is 0 Å². The van der Waals surface area contributed by atoms with E-state index in [1.165, 1.54) is 19.3 Å². The van der Waals surface area contributed by atoms with E-state index in [1.54, 1.807) is 7.11 Å². The second-order valence-electron chi connectivity index (χ2n) is 4.85. The van der Waals surface area contributed by atoms with Gasteiger partial charge in [-0.15, -0.1) is 0 Å². The van der Waals surface area contributed by atoms with E-state index in [-0.39, 0.29) is 0 Å². The van der Waals surface area contributed by atoms with Gasteiger partial charge in [0.2, 0.25) is 0 Å². The fourth-order valence-electron chi connectivity index (χ4n) is 2.49. The predicted octanol–water partition coefficient (Wildman–Crippen LogP) is 3.08. The molecule has 2 rings (SSSR count). The monoisotopic (exact) mass is 250 g/mol. The van der Waals surface area contributed by atoms with Gasteiger partial charge in [-0.2, -0.15) is 0 Å². The molecule has 3 nitrogen and oxygen atoms in total. The number of rotatable bonds is 5. The van der Waals surface area contributed by atoms with Crippen LogP contribution in [0.5, 0.6) is 5.75 Å². The molecule has 1 atom stereocenters. The summed E-state index contributed by atoms with van der Waals surface area (Å²) in [4.78, 5) is 0. The van der Waals surface area contributed by atoms with Crippen molar-refractivity contribution in [3.8, 4) is 5.75 Å². The van der Waals surface area contributed by atoms with Crippen molar-refractivity contribution in [3.05, 3.63) is 29.8 Å². The minimum atomic E-state index is -0.608. The SMILES string of the molecule is COc1ccccc1C(O)COC1CCCCC1. The van der Waals surface area contributed by atoms with Crippen LogP contribution in [0.15, 0.2) is 24.3 Å². The van der Waals surface area contributed by atoms with Crippen LogP contribution in [0.2, 0.25) is 0 Å². The lowest BCUT2D eigenvalue weighted by molar-refractivity contribution is -0.0251. The average Bonchev–Trinajstić information content (AvgIpc) is 2.45. The third-order valence-electron chi connectivity index (χ3n) is 3.54. The van der Waals surface area contributed by atoms with E-state index in [9.17, 15) is 5.11 Å². The number of methoxy groups -OCH3 is 1. The quantitative estimate of drug-likeness (QED) is 0.872. The number of ether oxygens (including phenoxy) is 2. The average molecular weight is 250 g/mol. The summed E-state index contributed by atoms with van der Waals surface area (Å²) < 4.78 is 11.0. The van der Waals surface area contributed by atoms with Crippen LogP contribution in [0, 0.1) is 0 Å². The summed E-state index contributed by atoms with van der Waals surface area (Å²) in [6.07, 6.45) is 5.77. The first kappa shape index (κ1) is 13.4. The molecule has 1 saturated carbocycles. The molecule has 1 aromatic rings. The molecular weight excluding hydrogens is 228 g/mol. The highest BCUT2D eigenvalue weighted by Gasteiger charge is 2.18. The molecule has 18 heavy (non-hydrogen) atoms. The highest BCUT2D eigenvalue weighted by atomic mass is 16.5. The van der Waals surface area contributed by atoms with E-state index in [4.69, 9.17) is 9.47 Å². The molecule has 1 aliphatic rings. The van der Waals surface area contributed by atoms with Crippen molar-refractivity contribution in [1.82, 2.24) is 0 Å². The van der Waals surface area contributed by atoms with Gasteiger partial charge in [0.1, 0.15) is 11.9 Å². The first-order valence-electron chi connectivity index (χ1n) is 6.74. The maximum atomic E-state index is 10.2. The summed E-state index contributed by atoms with van der Waals surface area (Å²) in [5.74, 6) is 0.720. The second kappa shape index (κ2) is 6.76. The van der Waals surface area contributed by atoms with Gasteiger partial charge in [0, 0.05) is 5.56 Å². The van der Waals surface area contributed by atoms with Crippen LogP contribution in [0.3, 0.4) is 0 Å². The summed E-state index contributed by atoms with van der Waals surface area (Å²) >= 11 is 0. The first-order valence-corrected chi connectivity index (χ1v) is 6.74. The zero-order valence-corrected chi connectivity index (χ0v) is 11.0. The topological polar surface area (TPSA) is 38.7 Å². The molecule has 0 aromatic heterocycles. The minimum absolute atomic E-state index is 0.322. The van der Waals surface area contributed by atoms with Gasteiger partial charge in [0.05, 0.1) is 19.8 Å². The van der Waals surface area contributed by atoms with Crippen molar-refractivity contribution < 1.29 is 14.6 Å². The maximum absolute atomic E-state index is 10.2. The Balaban J connectivity index is 1.88. The predicted molar refractivity (Wildman–Crippen MR) is 70.8 cm³/mol. The Morgan fingerprint density at radius 1 is 1.22 bits per heavy atom.